The van der Waals surface area contributed by atoms with Gasteiger partial charge in [-0.15, -0.1) is 0 Å². The van der Waals surface area contributed by atoms with Gasteiger partial charge in [0.25, 0.3) is 0 Å². The Bertz CT molecular complexity index is 198. The summed E-state index contributed by atoms with van der Waals surface area (Å²) in [6, 6.07) is 0. The molecule has 0 fully saturated rings. The highest BCUT2D eigenvalue weighted by Gasteiger charge is 1.98. The second-order valence-corrected chi connectivity index (χ2v) is 6.11. The van der Waals surface area contributed by atoms with Crippen LogP contribution < -0.4 is 0 Å². The first-order valence-corrected chi connectivity index (χ1v) is 9.16. The van der Waals surface area contributed by atoms with Gasteiger partial charge in [0.2, 0.25) is 0 Å². The van der Waals surface area contributed by atoms with Gasteiger partial charge in [-0.25, -0.2) is 0 Å². The first kappa shape index (κ1) is 19.7. The van der Waals surface area contributed by atoms with Crippen LogP contribution in [0, 0.1) is 0 Å². The average Bonchev–Trinajstić information content (AvgIpc) is 2.45. The molecule has 0 aromatic heterocycles. The van der Waals surface area contributed by atoms with Crippen molar-refractivity contribution in [1.29, 1.82) is 0 Å². The summed E-state index contributed by atoms with van der Waals surface area (Å²) in [5.74, 6) is 0. The summed E-state index contributed by atoms with van der Waals surface area (Å²) < 4.78 is 0. The van der Waals surface area contributed by atoms with Crippen LogP contribution in [0.5, 0.6) is 0 Å². The van der Waals surface area contributed by atoms with Crippen LogP contribution in [-0.2, 0) is 0 Å². The molecule has 1 unspecified atom stereocenters. The van der Waals surface area contributed by atoms with Crippen LogP contribution in [0.4, 0.5) is 0 Å². The van der Waals surface area contributed by atoms with E-state index >= 15 is 0 Å². The van der Waals surface area contributed by atoms with Crippen LogP contribution in [0.3, 0.4) is 0 Å². The van der Waals surface area contributed by atoms with Gasteiger partial charge < -0.3 is 5.11 Å². The molecule has 20 heavy (non-hydrogen) atoms. The van der Waals surface area contributed by atoms with Gasteiger partial charge >= 0.3 is 0 Å². The minimum Gasteiger partial charge on any atom is -0.389 e. The van der Waals surface area contributed by atoms with Crippen LogP contribution in [0.25, 0.3) is 0 Å². The van der Waals surface area contributed by atoms with Gasteiger partial charge in [0.15, 0.2) is 0 Å². The molecule has 1 nitrogen and oxygen atoms in total. The maximum atomic E-state index is 9.78. The lowest BCUT2D eigenvalue weighted by molar-refractivity contribution is 0.207. The molecule has 0 heterocycles. The Morgan fingerprint density at radius 1 is 0.700 bits per heavy atom. The summed E-state index contributed by atoms with van der Waals surface area (Å²) in [7, 11) is 0. The standard InChI is InChI=1S/C19H38O/c1-3-5-7-9-10-11-12-13-14-16-18-19(20)17-15-8-6-4-2/h16,18-20H,3-15,17H2,1-2H3. The van der Waals surface area contributed by atoms with Crippen molar-refractivity contribution >= 4 is 0 Å². The monoisotopic (exact) mass is 282 g/mol. The molecule has 0 aromatic rings. The molecule has 0 saturated heterocycles. The maximum Gasteiger partial charge on any atom is 0.0720 e. The number of rotatable bonds is 15. The molecule has 0 radical (unpaired) electrons. The quantitative estimate of drug-likeness (QED) is 0.272. The number of aliphatic hydroxyl groups is 1. The Kier molecular flexibility index (Phi) is 16.5. The summed E-state index contributed by atoms with van der Waals surface area (Å²) >= 11 is 0. The fourth-order valence-electron chi connectivity index (χ4n) is 2.53. The number of hydrogen-bond donors (Lipinski definition) is 1. The largest absolute Gasteiger partial charge is 0.389 e. The predicted molar refractivity (Wildman–Crippen MR) is 91.1 cm³/mol. The zero-order chi connectivity index (χ0) is 14.9. The van der Waals surface area contributed by atoms with Crippen molar-refractivity contribution in [3.05, 3.63) is 12.2 Å². The lowest BCUT2D eigenvalue weighted by Crippen LogP contribution is -2.01. The molecule has 0 amide bonds. The molecule has 0 spiro atoms. The number of aliphatic hydroxyl groups excluding tert-OH is 1. The van der Waals surface area contributed by atoms with E-state index in [1.54, 1.807) is 0 Å². The highest BCUT2D eigenvalue weighted by molar-refractivity contribution is 4.88. The molecular formula is C19H38O. The predicted octanol–water partition coefficient (Wildman–Crippen LogP) is 6.40. The topological polar surface area (TPSA) is 20.2 Å². The molecule has 0 aliphatic rings. The highest BCUT2D eigenvalue weighted by atomic mass is 16.3. The van der Waals surface area contributed by atoms with E-state index in [0.29, 0.717) is 0 Å². The molecule has 0 aliphatic heterocycles. The smallest absolute Gasteiger partial charge is 0.0720 e. The molecule has 0 bridgehead atoms. The Morgan fingerprint density at radius 2 is 1.20 bits per heavy atom. The molecule has 1 atom stereocenters. The average molecular weight is 283 g/mol. The van der Waals surface area contributed by atoms with E-state index in [4.69, 9.17) is 0 Å². The molecule has 120 valence electrons. The zero-order valence-corrected chi connectivity index (χ0v) is 14.1. The van der Waals surface area contributed by atoms with Crippen molar-refractivity contribution in [2.45, 2.75) is 110 Å². The number of hydrogen-bond acceptors (Lipinski definition) is 1. The lowest BCUT2D eigenvalue weighted by atomic mass is 10.1. The molecule has 1 N–H and O–H groups in total. The van der Waals surface area contributed by atoms with Gasteiger partial charge in [-0.05, 0) is 19.3 Å². The van der Waals surface area contributed by atoms with E-state index in [-0.39, 0.29) is 6.10 Å². The SMILES string of the molecule is CCCCCCCCCCC=CC(O)CCCCCC. The fourth-order valence-corrected chi connectivity index (χ4v) is 2.53. The zero-order valence-electron chi connectivity index (χ0n) is 14.1. The fraction of sp³-hybridized carbons (Fsp3) is 0.895. The third kappa shape index (κ3) is 15.8. The molecular weight excluding hydrogens is 244 g/mol. The Balaban J connectivity index is 3.21. The number of unbranched alkanes of at least 4 members (excludes halogenated alkanes) is 11. The van der Waals surface area contributed by atoms with Gasteiger partial charge in [0, 0.05) is 0 Å². The van der Waals surface area contributed by atoms with Gasteiger partial charge in [0.05, 0.1) is 6.10 Å². The van der Waals surface area contributed by atoms with E-state index in [1.165, 1.54) is 70.6 Å². The van der Waals surface area contributed by atoms with Gasteiger partial charge in [-0.3, -0.25) is 0 Å². The summed E-state index contributed by atoms with van der Waals surface area (Å²) in [5, 5.41) is 9.78. The Morgan fingerprint density at radius 3 is 1.80 bits per heavy atom. The van der Waals surface area contributed by atoms with Gasteiger partial charge in [0.1, 0.15) is 0 Å². The lowest BCUT2D eigenvalue weighted by Gasteiger charge is -2.04. The van der Waals surface area contributed by atoms with Crippen molar-refractivity contribution < 1.29 is 5.11 Å². The van der Waals surface area contributed by atoms with Crippen LogP contribution in [0.15, 0.2) is 12.2 Å². The van der Waals surface area contributed by atoms with E-state index in [2.05, 4.69) is 19.9 Å². The summed E-state index contributed by atoms with van der Waals surface area (Å²) in [4.78, 5) is 0. The maximum absolute atomic E-state index is 9.78. The van der Waals surface area contributed by atoms with Gasteiger partial charge in [-0.2, -0.15) is 0 Å². The van der Waals surface area contributed by atoms with E-state index in [0.717, 1.165) is 19.3 Å². The minimum absolute atomic E-state index is 0.208. The van der Waals surface area contributed by atoms with Crippen LogP contribution in [0.1, 0.15) is 104 Å². The Hall–Kier alpha value is -0.300. The molecule has 0 saturated carbocycles. The van der Waals surface area contributed by atoms with Crippen molar-refractivity contribution in [2.24, 2.45) is 0 Å². The summed E-state index contributed by atoms with van der Waals surface area (Å²) in [6.45, 7) is 4.49. The third-order valence-corrected chi connectivity index (χ3v) is 3.94. The van der Waals surface area contributed by atoms with Crippen molar-refractivity contribution in [3.63, 3.8) is 0 Å². The normalized spacial score (nSPS) is 13.2. The number of allylic oxidation sites excluding steroid dienone is 1. The van der Waals surface area contributed by atoms with Crippen LogP contribution >= 0.6 is 0 Å². The summed E-state index contributed by atoms with van der Waals surface area (Å²) in [5.41, 5.74) is 0. The third-order valence-electron chi connectivity index (χ3n) is 3.94. The Labute approximate surface area is 127 Å². The first-order valence-electron chi connectivity index (χ1n) is 9.16. The van der Waals surface area contributed by atoms with Crippen LogP contribution in [-0.4, -0.2) is 11.2 Å². The van der Waals surface area contributed by atoms with Gasteiger partial charge in [-0.1, -0.05) is 96.6 Å². The van der Waals surface area contributed by atoms with Crippen LogP contribution in [0.2, 0.25) is 0 Å². The highest BCUT2D eigenvalue weighted by Crippen LogP contribution is 2.10. The molecule has 0 rings (SSSR count). The van der Waals surface area contributed by atoms with E-state index in [9.17, 15) is 5.11 Å². The second kappa shape index (κ2) is 16.8. The van der Waals surface area contributed by atoms with Crippen molar-refractivity contribution in [3.8, 4) is 0 Å². The van der Waals surface area contributed by atoms with E-state index < -0.39 is 0 Å². The summed E-state index contributed by atoms with van der Waals surface area (Å²) in [6.07, 6.45) is 22.1. The second-order valence-electron chi connectivity index (χ2n) is 6.11. The van der Waals surface area contributed by atoms with E-state index in [1.807, 2.05) is 6.08 Å². The molecule has 0 aliphatic carbocycles. The molecule has 0 aromatic carbocycles. The molecule has 1 heteroatoms. The van der Waals surface area contributed by atoms with Crippen molar-refractivity contribution in [2.75, 3.05) is 0 Å². The minimum atomic E-state index is -0.208. The van der Waals surface area contributed by atoms with Crippen molar-refractivity contribution in [1.82, 2.24) is 0 Å². The first-order chi connectivity index (χ1) is 9.81.